The number of carbonyl (C=O) groups excluding carboxylic acids is 1. The zero-order valence-corrected chi connectivity index (χ0v) is 9.04. The van der Waals surface area contributed by atoms with E-state index in [-0.39, 0.29) is 5.56 Å². The first-order chi connectivity index (χ1) is 8.17. The molecule has 1 unspecified atom stereocenters. The Hall–Kier alpha value is -2.14. The Balaban J connectivity index is 2.55. The maximum Gasteiger partial charge on any atom is 0.335 e. The fraction of sp³-hybridized carbons (Fsp3) is 0.167. The van der Waals surface area contributed by atoms with Crippen LogP contribution in [0.4, 0.5) is 0 Å². The van der Waals surface area contributed by atoms with Crippen molar-refractivity contribution < 1.29 is 23.8 Å². The lowest BCUT2D eigenvalue weighted by molar-refractivity contribution is -0.116. The molecule has 17 heavy (non-hydrogen) atoms. The molecule has 0 amide bonds. The lowest BCUT2D eigenvalue weighted by atomic mass is 10.1. The Morgan fingerprint density at radius 1 is 1.53 bits per heavy atom. The van der Waals surface area contributed by atoms with Gasteiger partial charge in [-0.3, -0.25) is 0 Å². The van der Waals surface area contributed by atoms with Crippen LogP contribution in [0.25, 0.3) is 11.0 Å². The van der Waals surface area contributed by atoms with Crippen LogP contribution in [0.15, 0.2) is 28.9 Å². The molecule has 0 aliphatic rings. The van der Waals surface area contributed by atoms with Crippen molar-refractivity contribution in [2.75, 3.05) is 7.11 Å². The van der Waals surface area contributed by atoms with Crippen LogP contribution in [0.3, 0.4) is 0 Å². The van der Waals surface area contributed by atoms with Crippen molar-refractivity contribution in [3.05, 3.63) is 35.6 Å². The molecule has 0 saturated carbocycles. The third-order valence-corrected chi connectivity index (χ3v) is 2.54. The number of carboxylic acid groups (broad SMARTS) is 1. The summed E-state index contributed by atoms with van der Waals surface area (Å²) in [6, 6.07) is 4.48. The van der Waals surface area contributed by atoms with Gasteiger partial charge in [0.1, 0.15) is 11.7 Å². The van der Waals surface area contributed by atoms with Crippen LogP contribution in [0.1, 0.15) is 22.0 Å². The lowest BCUT2D eigenvalue weighted by Gasteiger charge is -2.05. The van der Waals surface area contributed by atoms with Crippen LogP contribution in [0.5, 0.6) is 0 Å². The van der Waals surface area contributed by atoms with Gasteiger partial charge in [-0.1, -0.05) is 0 Å². The number of carbonyl (C=O) groups is 2. The van der Waals surface area contributed by atoms with Gasteiger partial charge in [0.15, 0.2) is 6.29 Å². The van der Waals surface area contributed by atoms with Crippen LogP contribution >= 0.6 is 0 Å². The SMILES string of the molecule is COC(C=O)c1coc2cc(C(=O)O)ccc12. The van der Waals surface area contributed by atoms with Crippen molar-refractivity contribution in [1.82, 2.24) is 0 Å². The molecule has 0 radical (unpaired) electrons. The van der Waals surface area contributed by atoms with Crippen LogP contribution in [-0.4, -0.2) is 24.5 Å². The van der Waals surface area contributed by atoms with Crippen molar-refractivity contribution in [3.8, 4) is 0 Å². The third-order valence-electron chi connectivity index (χ3n) is 2.54. The molecule has 1 atom stereocenters. The van der Waals surface area contributed by atoms with Gasteiger partial charge >= 0.3 is 5.97 Å². The molecular weight excluding hydrogens is 224 g/mol. The molecule has 2 rings (SSSR count). The average molecular weight is 234 g/mol. The Labute approximate surface area is 96.6 Å². The first-order valence-electron chi connectivity index (χ1n) is 4.90. The summed E-state index contributed by atoms with van der Waals surface area (Å²) in [7, 11) is 1.42. The van der Waals surface area contributed by atoms with E-state index in [0.29, 0.717) is 22.8 Å². The summed E-state index contributed by atoms with van der Waals surface area (Å²) in [6.07, 6.45) is 1.36. The Morgan fingerprint density at radius 2 is 2.29 bits per heavy atom. The molecule has 5 nitrogen and oxygen atoms in total. The van der Waals surface area contributed by atoms with E-state index in [9.17, 15) is 9.59 Å². The minimum Gasteiger partial charge on any atom is -0.478 e. The summed E-state index contributed by atoms with van der Waals surface area (Å²) in [6.45, 7) is 0. The van der Waals surface area contributed by atoms with Crippen molar-refractivity contribution in [1.29, 1.82) is 0 Å². The number of hydrogen-bond acceptors (Lipinski definition) is 4. The van der Waals surface area contributed by atoms with E-state index in [4.69, 9.17) is 14.3 Å². The third kappa shape index (κ3) is 1.92. The quantitative estimate of drug-likeness (QED) is 0.819. The number of ether oxygens (including phenoxy) is 1. The van der Waals surface area contributed by atoms with Gasteiger partial charge in [-0.05, 0) is 18.2 Å². The minimum absolute atomic E-state index is 0.137. The zero-order chi connectivity index (χ0) is 12.4. The second-order valence-electron chi connectivity index (χ2n) is 3.50. The number of carboxylic acids is 1. The van der Waals surface area contributed by atoms with Crippen LogP contribution in [0.2, 0.25) is 0 Å². The molecule has 0 spiro atoms. The standard InChI is InChI=1S/C12H10O5/c1-16-11(5-13)9-6-17-10-4-7(12(14)15)2-3-8(9)10/h2-6,11H,1H3,(H,14,15). The van der Waals surface area contributed by atoms with Gasteiger partial charge in [0.05, 0.1) is 11.8 Å². The number of fused-ring (bicyclic) bond motifs is 1. The van der Waals surface area contributed by atoms with Crippen molar-refractivity contribution in [3.63, 3.8) is 0 Å². The van der Waals surface area contributed by atoms with Gasteiger partial charge in [-0.2, -0.15) is 0 Å². The highest BCUT2D eigenvalue weighted by Crippen LogP contribution is 2.28. The predicted molar refractivity (Wildman–Crippen MR) is 59.0 cm³/mol. The van der Waals surface area contributed by atoms with E-state index in [0.717, 1.165) is 0 Å². The number of aromatic carboxylic acids is 1. The summed E-state index contributed by atoms with van der Waals surface area (Å²) in [5.41, 5.74) is 1.15. The number of rotatable bonds is 4. The topological polar surface area (TPSA) is 76.7 Å². The molecule has 88 valence electrons. The highest BCUT2D eigenvalue weighted by atomic mass is 16.5. The smallest absolute Gasteiger partial charge is 0.335 e. The summed E-state index contributed by atoms with van der Waals surface area (Å²) in [5, 5.41) is 9.51. The molecule has 2 aromatic rings. The van der Waals surface area contributed by atoms with E-state index < -0.39 is 12.1 Å². The summed E-state index contributed by atoms with van der Waals surface area (Å²) in [5.74, 6) is -1.02. The van der Waals surface area contributed by atoms with Crippen molar-refractivity contribution in [2.45, 2.75) is 6.10 Å². The summed E-state index contributed by atoms with van der Waals surface area (Å²) < 4.78 is 10.2. The summed E-state index contributed by atoms with van der Waals surface area (Å²) >= 11 is 0. The van der Waals surface area contributed by atoms with Gasteiger partial charge in [0.2, 0.25) is 0 Å². The molecule has 1 aromatic carbocycles. The normalized spacial score (nSPS) is 12.5. The Bertz CT molecular complexity index is 569. The van der Waals surface area contributed by atoms with E-state index in [1.54, 1.807) is 6.07 Å². The predicted octanol–water partition coefficient (Wildman–Crippen LogP) is 2.02. The molecule has 0 saturated heterocycles. The Morgan fingerprint density at radius 3 is 2.88 bits per heavy atom. The van der Waals surface area contributed by atoms with Gasteiger partial charge in [-0.15, -0.1) is 0 Å². The number of aldehydes is 1. The number of furan rings is 1. The Kier molecular flexibility index (Phi) is 2.93. The molecule has 0 fully saturated rings. The van der Waals surface area contributed by atoms with Crippen LogP contribution in [-0.2, 0) is 9.53 Å². The van der Waals surface area contributed by atoms with Crippen LogP contribution < -0.4 is 0 Å². The first kappa shape index (κ1) is 11.3. The summed E-state index contributed by atoms with van der Waals surface area (Å²) in [4.78, 5) is 21.6. The average Bonchev–Trinajstić information content (AvgIpc) is 2.74. The largest absolute Gasteiger partial charge is 0.478 e. The fourth-order valence-electron chi connectivity index (χ4n) is 1.66. The molecule has 1 heterocycles. The molecule has 0 aliphatic heterocycles. The van der Waals surface area contributed by atoms with Crippen molar-refractivity contribution in [2.24, 2.45) is 0 Å². The second-order valence-corrected chi connectivity index (χ2v) is 3.50. The number of methoxy groups -OCH3 is 1. The molecule has 0 aliphatic carbocycles. The van der Waals surface area contributed by atoms with E-state index in [1.165, 1.54) is 25.5 Å². The van der Waals surface area contributed by atoms with Crippen molar-refractivity contribution >= 4 is 23.2 Å². The minimum atomic E-state index is -1.02. The molecular formula is C12H10O5. The number of benzene rings is 1. The van der Waals surface area contributed by atoms with E-state index in [1.807, 2.05) is 0 Å². The highest BCUT2D eigenvalue weighted by Gasteiger charge is 2.16. The fourth-order valence-corrected chi connectivity index (χ4v) is 1.66. The first-order valence-corrected chi connectivity index (χ1v) is 4.90. The molecule has 0 bridgehead atoms. The van der Waals surface area contributed by atoms with E-state index in [2.05, 4.69) is 0 Å². The monoisotopic (exact) mass is 234 g/mol. The van der Waals surface area contributed by atoms with Gasteiger partial charge in [0, 0.05) is 18.1 Å². The number of hydrogen-bond donors (Lipinski definition) is 1. The van der Waals surface area contributed by atoms with Gasteiger partial charge in [-0.25, -0.2) is 4.79 Å². The maximum absolute atomic E-state index is 10.8. The molecule has 5 heteroatoms. The lowest BCUT2D eigenvalue weighted by Crippen LogP contribution is -2.01. The van der Waals surface area contributed by atoms with E-state index >= 15 is 0 Å². The maximum atomic E-state index is 10.8. The zero-order valence-electron chi connectivity index (χ0n) is 9.04. The molecule has 1 aromatic heterocycles. The highest BCUT2D eigenvalue weighted by molar-refractivity contribution is 5.94. The van der Waals surface area contributed by atoms with Gasteiger partial charge < -0.3 is 19.1 Å². The van der Waals surface area contributed by atoms with Crippen LogP contribution in [0, 0.1) is 0 Å². The van der Waals surface area contributed by atoms with Gasteiger partial charge in [0.25, 0.3) is 0 Å². The second kappa shape index (κ2) is 4.39. The molecule has 1 N–H and O–H groups in total.